The first-order valence-electron chi connectivity index (χ1n) is 3.40. The highest BCUT2D eigenvalue weighted by Gasteiger charge is 2.39. The molecule has 0 saturated carbocycles. The minimum Gasteiger partial charge on any atom is -0.481 e. The number of hydrogen-bond donors (Lipinski definition) is 1. The van der Waals surface area contributed by atoms with Crippen LogP contribution in [-0.2, 0) is 4.79 Å². The van der Waals surface area contributed by atoms with Gasteiger partial charge in [0.05, 0.1) is 12.5 Å². The fraction of sp³-hybridized carbons (Fsp3) is 0.833. The van der Waals surface area contributed by atoms with Crippen molar-refractivity contribution in [2.24, 2.45) is 5.92 Å². The van der Waals surface area contributed by atoms with Crippen LogP contribution in [0.3, 0.4) is 0 Å². The molecule has 0 aliphatic carbocycles. The minimum absolute atomic E-state index is 0.00877. The third kappa shape index (κ3) is 2.37. The Labute approximate surface area is 66.8 Å². The Balaban J connectivity index is 2.22. The van der Waals surface area contributed by atoms with E-state index < -0.39 is 24.6 Å². The molecule has 0 atom stereocenters. The first-order chi connectivity index (χ1) is 5.38. The number of carboxylic acids is 1. The van der Waals surface area contributed by atoms with Gasteiger partial charge >= 0.3 is 12.1 Å². The van der Waals surface area contributed by atoms with E-state index in [1.807, 2.05) is 0 Å². The molecule has 0 bridgehead atoms. The van der Waals surface area contributed by atoms with E-state index in [9.17, 15) is 18.0 Å². The van der Waals surface area contributed by atoms with Gasteiger partial charge in [0.1, 0.15) is 0 Å². The number of carbonyl (C=O) groups is 1. The van der Waals surface area contributed by atoms with Gasteiger partial charge in [-0.25, -0.2) is 0 Å². The van der Waals surface area contributed by atoms with Gasteiger partial charge in [-0.3, -0.25) is 9.69 Å². The molecule has 0 aromatic rings. The lowest BCUT2D eigenvalue weighted by Crippen LogP contribution is -2.53. The Morgan fingerprint density at radius 1 is 1.50 bits per heavy atom. The number of hydrogen-bond acceptors (Lipinski definition) is 2. The van der Waals surface area contributed by atoms with Gasteiger partial charge in [-0.05, 0) is 0 Å². The zero-order valence-electron chi connectivity index (χ0n) is 6.14. The molecule has 1 saturated heterocycles. The van der Waals surface area contributed by atoms with Crippen molar-refractivity contribution in [1.82, 2.24) is 4.90 Å². The third-order valence-electron chi connectivity index (χ3n) is 1.71. The van der Waals surface area contributed by atoms with Gasteiger partial charge < -0.3 is 5.11 Å². The summed E-state index contributed by atoms with van der Waals surface area (Å²) in [6, 6.07) is 0. The van der Waals surface area contributed by atoms with Crippen LogP contribution in [0.1, 0.15) is 0 Å². The number of aliphatic carboxylic acids is 1. The maximum absolute atomic E-state index is 11.7. The van der Waals surface area contributed by atoms with E-state index in [0.717, 1.165) is 4.90 Å². The van der Waals surface area contributed by atoms with Crippen molar-refractivity contribution in [1.29, 1.82) is 0 Å². The molecule has 0 spiro atoms. The van der Waals surface area contributed by atoms with Crippen LogP contribution in [0.25, 0.3) is 0 Å². The number of rotatable bonds is 2. The van der Waals surface area contributed by atoms with Crippen LogP contribution < -0.4 is 0 Å². The number of alkyl halides is 3. The minimum atomic E-state index is -4.22. The highest BCUT2D eigenvalue weighted by Crippen LogP contribution is 2.22. The van der Waals surface area contributed by atoms with Crippen LogP contribution in [0.2, 0.25) is 0 Å². The highest BCUT2D eigenvalue weighted by atomic mass is 19.4. The molecule has 0 radical (unpaired) electrons. The lowest BCUT2D eigenvalue weighted by Gasteiger charge is -2.36. The quantitative estimate of drug-likeness (QED) is 0.680. The SMILES string of the molecule is O=C(O)C1CN(CC(F)(F)F)C1. The molecule has 1 heterocycles. The molecular formula is C6H8F3NO2. The smallest absolute Gasteiger partial charge is 0.401 e. The van der Waals surface area contributed by atoms with E-state index in [-0.39, 0.29) is 13.1 Å². The predicted octanol–water partition coefficient (Wildman–Crippen LogP) is 0.565. The standard InChI is InChI=1S/C6H8F3NO2/c7-6(8,9)3-10-1-4(2-10)5(11)12/h4H,1-3H2,(H,11,12). The van der Waals surface area contributed by atoms with Crippen molar-refractivity contribution in [3.05, 3.63) is 0 Å². The molecule has 0 unspecified atom stereocenters. The third-order valence-corrected chi connectivity index (χ3v) is 1.71. The van der Waals surface area contributed by atoms with Crippen LogP contribution in [0.15, 0.2) is 0 Å². The Kier molecular flexibility index (Phi) is 2.27. The van der Waals surface area contributed by atoms with Crippen molar-refractivity contribution >= 4 is 5.97 Å². The van der Waals surface area contributed by atoms with Crippen LogP contribution in [0.4, 0.5) is 13.2 Å². The van der Waals surface area contributed by atoms with Crippen LogP contribution in [0.5, 0.6) is 0 Å². The second-order valence-corrected chi connectivity index (χ2v) is 2.84. The van der Waals surface area contributed by atoms with Crippen LogP contribution in [0, 0.1) is 5.92 Å². The second-order valence-electron chi connectivity index (χ2n) is 2.84. The second kappa shape index (κ2) is 2.93. The molecule has 1 N–H and O–H groups in total. The van der Waals surface area contributed by atoms with Crippen molar-refractivity contribution in [2.75, 3.05) is 19.6 Å². The molecule has 6 heteroatoms. The van der Waals surface area contributed by atoms with Crippen LogP contribution >= 0.6 is 0 Å². The van der Waals surface area contributed by atoms with Crippen molar-refractivity contribution < 1.29 is 23.1 Å². The summed E-state index contributed by atoms with van der Waals surface area (Å²) in [7, 11) is 0. The summed E-state index contributed by atoms with van der Waals surface area (Å²) in [6.45, 7) is -0.986. The molecule has 70 valence electrons. The zero-order chi connectivity index (χ0) is 9.35. The summed E-state index contributed by atoms with van der Waals surface area (Å²) >= 11 is 0. The molecule has 0 aromatic heterocycles. The maximum atomic E-state index is 11.7. The van der Waals surface area contributed by atoms with E-state index in [1.54, 1.807) is 0 Å². The van der Waals surface area contributed by atoms with Crippen molar-refractivity contribution in [3.63, 3.8) is 0 Å². The molecule has 12 heavy (non-hydrogen) atoms. The summed E-state index contributed by atoms with van der Waals surface area (Å²) < 4.78 is 35.0. The predicted molar refractivity (Wildman–Crippen MR) is 33.6 cm³/mol. The van der Waals surface area contributed by atoms with E-state index in [4.69, 9.17) is 5.11 Å². The first-order valence-corrected chi connectivity index (χ1v) is 3.40. The van der Waals surface area contributed by atoms with E-state index in [0.29, 0.717) is 0 Å². The van der Waals surface area contributed by atoms with Gasteiger partial charge in [-0.2, -0.15) is 13.2 Å². The average Bonchev–Trinajstić information content (AvgIpc) is 1.74. The van der Waals surface area contributed by atoms with E-state index in [2.05, 4.69) is 0 Å². The normalized spacial score (nSPS) is 20.6. The summed E-state index contributed by atoms with van der Waals surface area (Å²) in [6.07, 6.45) is -4.22. The Bertz CT molecular complexity index is 186. The van der Waals surface area contributed by atoms with E-state index in [1.165, 1.54) is 0 Å². The molecule has 0 aromatic carbocycles. The molecule has 3 nitrogen and oxygen atoms in total. The first kappa shape index (κ1) is 9.31. The zero-order valence-corrected chi connectivity index (χ0v) is 6.14. The molecule has 1 rings (SSSR count). The molecule has 1 fully saturated rings. The van der Waals surface area contributed by atoms with Gasteiger partial charge in [-0.1, -0.05) is 0 Å². The largest absolute Gasteiger partial charge is 0.481 e. The van der Waals surface area contributed by atoms with Gasteiger partial charge in [0, 0.05) is 13.1 Å². The topological polar surface area (TPSA) is 40.5 Å². The van der Waals surface area contributed by atoms with Crippen molar-refractivity contribution in [2.45, 2.75) is 6.18 Å². The van der Waals surface area contributed by atoms with Gasteiger partial charge in [-0.15, -0.1) is 0 Å². The summed E-state index contributed by atoms with van der Waals surface area (Å²) in [5.41, 5.74) is 0. The van der Waals surface area contributed by atoms with Gasteiger partial charge in [0.15, 0.2) is 0 Å². The molecule has 1 aliphatic rings. The molecule has 0 amide bonds. The van der Waals surface area contributed by atoms with Crippen molar-refractivity contribution in [3.8, 4) is 0 Å². The summed E-state index contributed by atoms with van der Waals surface area (Å²) in [5, 5.41) is 8.34. The van der Waals surface area contributed by atoms with Gasteiger partial charge in [0.2, 0.25) is 0 Å². The van der Waals surface area contributed by atoms with Crippen LogP contribution in [-0.4, -0.2) is 41.8 Å². The number of nitrogens with zero attached hydrogens (tertiary/aromatic N) is 1. The van der Waals surface area contributed by atoms with E-state index >= 15 is 0 Å². The summed E-state index contributed by atoms with van der Waals surface area (Å²) in [5.74, 6) is -1.64. The lowest BCUT2D eigenvalue weighted by molar-refractivity contribution is -0.169. The number of halogens is 3. The average molecular weight is 183 g/mol. The maximum Gasteiger partial charge on any atom is 0.401 e. The monoisotopic (exact) mass is 183 g/mol. The highest BCUT2D eigenvalue weighted by molar-refractivity contribution is 5.71. The number of likely N-dealkylation sites (tertiary alicyclic amines) is 1. The lowest BCUT2D eigenvalue weighted by atomic mass is 10.0. The molecular weight excluding hydrogens is 175 g/mol. The number of carboxylic acid groups (broad SMARTS) is 1. The summed E-state index contributed by atoms with van der Waals surface area (Å²) in [4.78, 5) is 11.3. The fourth-order valence-electron chi connectivity index (χ4n) is 1.11. The Hall–Kier alpha value is -0.780. The molecule has 1 aliphatic heterocycles. The van der Waals surface area contributed by atoms with Gasteiger partial charge in [0.25, 0.3) is 0 Å². The Morgan fingerprint density at radius 3 is 2.33 bits per heavy atom. The Morgan fingerprint density at radius 2 is 2.00 bits per heavy atom. The fourth-order valence-corrected chi connectivity index (χ4v) is 1.11.